The summed E-state index contributed by atoms with van der Waals surface area (Å²) in [6.07, 6.45) is 1.91. The molecule has 1 aromatic carbocycles. The van der Waals surface area contributed by atoms with Gasteiger partial charge in [-0.15, -0.1) is 0 Å². The lowest BCUT2D eigenvalue weighted by Crippen LogP contribution is -2.50. The van der Waals surface area contributed by atoms with E-state index in [1.165, 1.54) is 5.56 Å². The lowest BCUT2D eigenvalue weighted by molar-refractivity contribution is -0.150. The Morgan fingerprint density at radius 3 is 2.81 bits per heavy atom. The zero-order valence-electron chi connectivity index (χ0n) is 22.8. The Hall–Kier alpha value is -3.17. The van der Waals surface area contributed by atoms with Gasteiger partial charge in [-0.1, -0.05) is 26.8 Å². The smallest absolute Gasteiger partial charge is 0.249 e. The average molecular weight is 510 g/mol. The summed E-state index contributed by atoms with van der Waals surface area (Å²) >= 11 is 0. The van der Waals surface area contributed by atoms with Crippen LogP contribution in [0.25, 0.3) is 22.3 Å². The number of hydrogen-bond donors (Lipinski definition) is 2. The molecule has 2 amide bonds. The number of carbonyl (C=O) groups excluding carboxylic acids is 2. The molecule has 3 aromatic rings. The highest BCUT2D eigenvalue weighted by Crippen LogP contribution is 2.32. The number of carbonyl (C=O) groups is 2. The van der Waals surface area contributed by atoms with E-state index in [0.717, 1.165) is 46.5 Å². The third-order valence-corrected chi connectivity index (χ3v) is 6.84. The summed E-state index contributed by atoms with van der Waals surface area (Å²) in [5.74, 6) is -0.322. The van der Waals surface area contributed by atoms with Gasteiger partial charge in [0.25, 0.3) is 0 Å². The van der Waals surface area contributed by atoms with Crippen LogP contribution in [-0.4, -0.2) is 78.0 Å². The van der Waals surface area contributed by atoms with Gasteiger partial charge < -0.3 is 24.3 Å². The van der Waals surface area contributed by atoms with Gasteiger partial charge in [-0.05, 0) is 50.3 Å². The van der Waals surface area contributed by atoms with Crippen LogP contribution >= 0.6 is 0 Å². The van der Waals surface area contributed by atoms with Crippen molar-refractivity contribution in [2.75, 3.05) is 44.9 Å². The fraction of sp³-hybridized carbons (Fsp3) is 0.536. The molecule has 200 valence electrons. The van der Waals surface area contributed by atoms with Gasteiger partial charge in [0.2, 0.25) is 11.8 Å². The minimum Gasteiger partial charge on any atom is -0.383 e. The summed E-state index contributed by atoms with van der Waals surface area (Å²) in [6, 6.07) is 8.02. The van der Waals surface area contributed by atoms with Gasteiger partial charge in [-0.3, -0.25) is 14.7 Å². The van der Waals surface area contributed by atoms with E-state index in [2.05, 4.69) is 48.9 Å². The van der Waals surface area contributed by atoms with E-state index in [0.29, 0.717) is 19.7 Å². The SMILES string of the molecule is COCCN(C(=O)CN1C[C@@H](C)OCC1=O)c1ccc2cc(-c3n[nH]c(C)c3CCC(C)(C)C)[nH]c2c1. The number of rotatable bonds is 9. The van der Waals surface area contributed by atoms with E-state index >= 15 is 0 Å². The van der Waals surface area contributed by atoms with Gasteiger partial charge >= 0.3 is 0 Å². The molecule has 2 aromatic heterocycles. The van der Waals surface area contributed by atoms with Crippen molar-refractivity contribution in [3.8, 4) is 11.4 Å². The first-order valence-electron chi connectivity index (χ1n) is 12.9. The predicted molar refractivity (Wildman–Crippen MR) is 145 cm³/mol. The number of aromatic amines is 2. The number of anilines is 1. The Labute approximate surface area is 218 Å². The molecular formula is C28H39N5O4. The van der Waals surface area contributed by atoms with Crippen molar-refractivity contribution in [1.29, 1.82) is 0 Å². The van der Waals surface area contributed by atoms with E-state index in [4.69, 9.17) is 9.47 Å². The average Bonchev–Trinajstić information content (AvgIpc) is 3.42. The molecule has 9 heteroatoms. The van der Waals surface area contributed by atoms with Gasteiger partial charge in [0.05, 0.1) is 18.4 Å². The normalized spacial score (nSPS) is 16.5. The van der Waals surface area contributed by atoms with Crippen LogP contribution in [0.4, 0.5) is 5.69 Å². The maximum atomic E-state index is 13.3. The van der Waals surface area contributed by atoms with Crippen molar-refractivity contribution in [1.82, 2.24) is 20.1 Å². The van der Waals surface area contributed by atoms with E-state index in [1.807, 2.05) is 25.1 Å². The van der Waals surface area contributed by atoms with Crippen LogP contribution in [0.3, 0.4) is 0 Å². The zero-order valence-corrected chi connectivity index (χ0v) is 22.8. The third-order valence-electron chi connectivity index (χ3n) is 6.84. The van der Waals surface area contributed by atoms with Gasteiger partial charge in [0.1, 0.15) is 18.8 Å². The number of benzene rings is 1. The van der Waals surface area contributed by atoms with Crippen molar-refractivity contribution in [3.63, 3.8) is 0 Å². The lowest BCUT2D eigenvalue weighted by Gasteiger charge is -2.32. The number of hydrogen-bond acceptors (Lipinski definition) is 5. The van der Waals surface area contributed by atoms with Crippen LogP contribution in [-0.2, 0) is 25.5 Å². The Morgan fingerprint density at radius 1 is 1.30 bits per heavy atom. The number of methoxy groups -OCH3 is 1. The third kappa shape index (κ3) is 6.40. The number of morpholine rings is 1. The van der Waals surface area contributed by atoms with Crippen molar-refractivity contribution in [2.45, 2.75) is 53.6 Å². The number of nitrogens with one attached hydrogen (secondary N) is 2. The Balaban J connectivity index is 1.60. The number of aromatic nitrogens is 3. The number of amides is 2. The molecule has 9 nitrogen and oxygen atoms in total. The number of aryl methyl sites for hydroxylation is 1. The summed E-state index contributed by atoms with van der Waals surface area (Å²) in [7, 11) is 1.61. The lowest BCUT2D eigenvalue weighted by atomic mass is 9.88. The standard InChI is InChI=1S/C28H39N5O4/c1-18-15-32(26(35)17-37-18)16-25(34)33(11-12-36-6)21-8-7-20-13-24(29-23(20)14-21)27-22(19(2)30-31-27)9-10-28(3,4)5/h7-8,13-14,18,29H,9-12,15-17H2,1-6H3,(H,30,31)/t18-/m1/s1. The van der Waals surface area contributed by atoms with Crippen LogP contribution < -0.4 is 4.90 Å². The Bertz CT molecular complexity index is 1260. The molecule has 1 fully saturated rings. The second-order valence-electron chi connectivity index (χ2n) is 11.1. The van der Waals surface area contributed by atoms with Gasteiger partial charge in [-0.25, -0.2) is 0 Å². The maximum Gasteiger partial charge on any atom is 0.249 e. The van der Waals surface area contributed by atoms with Gasteiger partial charge in [0, 0.05) is 48.0 Å². The number of nitrogens with zero attached hydrogens (tertiary/aromatic N) is 3. The van der Waals surface area contributed by atoms with Crippen LogP contribution in [0.2, 0.25) is 0 Å². The van der Waals surface area contributed by atoms with Crippen LogP contribution in [0.5, 0.6) is 0 Å². The highest BCUT2D eigenvalue weighted by molar-refractivity contribution is 5.99. The van der Waals surface area contributed by atoms with Crippen molar-refractivity contribution >= 4 is 28.4 Å². The first kappa shape index (κ1) is 26.9. The monoisotopic (exact) mass is 509 g/mol. The second kappa shape index (κ2) is 11.1. The maximum absolute atomic E-state index is 13.3. The van der Waals surface area contributed by atoms with E-state index < -0.39 is 0 Å². The Kier molecular flexibility index (Phi) is 8.04. The minimum absolute atomic E-state index is 0.00788. The van der Waals surface area contributed by atoms with Gasteiger partial charge in [-0.2, -0.15) is 5.10 Å². The topological polar surface area (TPSA) is 104 Å². The van der Waals surface area contributed by atoms with E-state index in [1.54, 1.807) is 16.9 Å². The molecule has 0 aliphatic carbocycles. The molecule has 0 saturated carbocycles. The molecule has 0 spiro atoms. The van der Waals surface area contributed by atoms with E-state index in [-0.39, 0.29) is 36.5 Å². The minimum atomic E-state index is -0.167. The fourth-order valence-electron chi connectivity index (χ4n) is 4.64. The molecule has 0 radical (unpaired) electrons. The van der Waals surface area contributed by atoms with Crippen molar-refractivity contribution < 1.29 is 19.1 Å². The fourth-order valence-corrected chi connectivity index (χ4v) is 4.64. The molecule has 37 heavy (non-hydrogen) atoms. The van der Waals surface area contributed by atoms with Crippen LogP contribution in [0.15, 0.2) is 24.3 Å². The molecule has 1 aliphatic heterocycles. The van der Waals surface area contributed by atoms with Crippen LogP contribution in [0, 0.1) is 12.3 Å². The number of H-pyrrole nitrogens is 2. The van der Waals surface area contributed by atoms with Gasteiger partial charge in [0.15, 0.2) is 0 Å². The van der Waals surface area contributed by atoms with Crippen LogP contribution in [0.1, 0.15) is 45.4 Å². The quantitative estimate of drug-likeness (QED) is 0.453. The summed E-state index contributed by atoms with van der Waals surface area (Å²) in [4.78, 5) is 32.4. The molecule has 2 N–H and O–H groups in total. The largest absolute Gasteiger partial charge is 0.383 e. The van der Waals surface area contributed by atoms with Crippen molar-refractivity contribution in [3.05, 3.63) is 35.5 Å². The molecule has 1 atom stereocenters. The number of ether oxygens (including phenoxy) is 2. The second-order valence-corrected chi connectivity index (χ2v) is 11.1. The summed E-state index contributed by atoms with van der Waals surface area (Å²) < 4.78 is 10.7. The highest BCUT2D eigenvalue weighted by Gasteiger charge is 2.28. The first-order chi connectivity index (χ1) is 17.6. The summed E-state index contributed by atoms with van der Waals surface area (Å²) in [6.45, 7) is 11.9. The molecule has 3 heterocycles. The van der Waals surface area contributed by atoms with Crippen molar-refractivity contribution in [2.24, 2.45) is 5.41 Å². The number of fused-ring (bicyclic) bond motifs is 1. The molecule has 0 bridgehead atoms. The Morgan fingerprint density at radius 2 is 2.08 bits per heavy atom. The molecule has 4 rings (SSSR count). The van der Waals surface area contributed by atoms with E-state index in [9.17, 15) is 9.59 Å². The summed E-state index contributed by atoms with van der Waals surface area (Å²) in [5.41, 5.74) is 6.10. The first-order valence-corrected chi connectivity index (χ1v) is 12.9. The predicted octanol–water partition coefficient (Wildman–Crippen LogP) is 4.07. The molecule has 1 aliphatic rings. The highest BCUT2D eigenvalue weighted by atomic mass is 16.5. The molecule has 0 unspecified atom stereocenters. The molecular weight excluding hydrogens is 470 g/mol. The zero-order chi connectivity index (χ0) is 26.7. The summed E-state index contributed by atoms with van der Waals surface area (Å²) in [5, 5.41) is 8.79. The molecule has 1 saturated heterocycles.